The summed E-state index contributed by atoms with van der Waals surface area (Å²) in [6.07, 6.45) is 6.37. The van der Waals surface area contributed by atoms with Gasteiger partial charge in [0.05, 0.1) is 14.2 Å². The Morgan fingerprint density at radius 3 is 2.70 bits per heavy atom. The molecule has 1 aromatic carbocycles. The molecule has 3 nitrogen and oxygen atoms in total. The van der Waals surface area contributed by atoms with E-state index in [1.165, 1.54) is 49.8 Å². The molecule has 1 unspecified atom stereocenters. The number of fused-ring (bicyclic) bond motifs is 1. The van der Waals surface area contributed by atoms with E-state index in [4.69, 9.17) is 9.47 Å². The van der Waals surface area contributed by atoms with Crippen molar-refractivity contribution in [1.29, 1.82) is 0 Å². The van der Waals surface area contributed by atoms with Crippen LogP contribution in [0.1, 0.15) is 42.7 Å². The van der Waals surface area contributed by atoms with E-state index in [0.29, 0.717) is 5.92 Å². The minimum absolute atomic E-state index is 0.626. The summed E-state index contributed by atoms with van der Waals surface area (Å²) in [6.45, 7) is 1.25. The lowest BCUT2D eigenvalue weighted by atomic mass is 9.92. The Balaban J connectivity index is 1.88. The van der Waals surface area contributed by atoms with Gasteiger partial charge in [0.2, 0.25) is 0 Å². The molecule has 0 saturated carbocycles. The third-order valence-corrected chi connectivity index (χ3v) is 5.07. The van der Waals surface area contributed by atoms with Gasteiger partial charge in [-0.2, -0.15) is 0 Å². The van der Waals surface area contributed by atoms with E-state index in [1.807, 2.05) is 6.07 Å². The van der Waals surface area contributed by atoms with Gasteiger partial charge in [-0.05, 0) is 63.2 Å². The summed E-state index contributed by atoms with van der Waals surface area (Å²) in [4.78, 5) is 2.52. The van der Waals surface area contributed by atoms with Crippen LogP contribution in [0.15, 0.2) is 12.1 Å². The number of rotatable bonds is 4. The van der Waals surface area contributed by atoms with E-state index in [-0.39, 0.29) is 0 Å². The molecule has 110 valence electrons. The van der Waals surface area contributed by atoms with E-state index in [0.717, 1.165) is 17.5 Å². The highest BCUT2D eigenvalue weighted by Crippen LogP contribution is 2.47. The Hall–Kier alpha value is -1.22. The smallest absolute Gasteiger partial charge is 0.164 e. The standard InChI is InChI=1S/C17H25NO2/c1-18-10-4-5-14(18)11-13-7-6-12-8-9-15(19-2)17(20-3)16(12)13/h8-9,13-14H,4-7,10-11H2,1-3H3/t13?,14-/m1/s1. The molecule has 0 spiro atoms. The zero-order valence-electron chi connectivity index (χ0n) is 12.8. The van der Waals surface area contributed by atoms with Gasteiger partial charge in [0.25, 0.3) is 0 Å². The minimum Gasteiger partial charge on any atom is -0.493 e. The number of ether oxygens (including phenoxy) is 2. The van der Waals surface area contributed by atoms with Crippen LogP contribution in [-0.2, 0) is 6.42 Å². The fourth-order valence-corrected chi connectivity index (χ4v) is 3.97. The molecule has 0 N–H and O–H groups in total. The Morgan fingerprint density at radius 2 is 2.05 bits per heavy atom. The molecule has 1 heterocycles. The fourth-order valence-electron chi connectivity index (χ4n) is 3.97. The third-order valence-electron chi connectivity index (χ3n) is 5.07. The van der Waals surface area contributed by atoms with Gasteiger partial charge in [0.15, 0.2) is 11.5 Å². The summed E-state index contributed by atoms with van der Waals surface area (Å²) >= 11 is 0. The Labute approximate surface area is 121 Å². The van der Waals surface area contributed by atoms with Crippen LogP contribution < -0.4 is 9.47 Å². The van der Waals surface area contributed by atoms with Gasteiger partial charge in [-0.15, -0.1) is 0 Å². The molecule has 1 fully saturated rings. The first-order valence-corrected chi connectivity index (χ1v) is 7.68. The van der Waals surface area contributed by atoms with Gasteiger partial charge in [-0.25, -0.2) is 0 Å². The second-order valence-corrected chi connectivity index (χ2v) is 6.12. The first-order chi connectivity index (χ1) is 9.74. The van der Waals surface area contributed by atoms with E-state index < -0.39 is 0 Å². The molecule has 1 aromatic rings. The Bertz CT molecular complexity index is 486. The van der Waals surface area contributed by atoms with Gasteiger partial charge in [0.1, 0.15) is 0 Å². The average molecular weight is 275 g/mol. The van der Waals surface area contributed by atoms with Crippen molar-refractivity contribution >= 4 is 0 Å². The Morgan fingerprint density at radius 1 is 1.20 bits per heavy atom. The molecule has 2 aliphatic rings. The maximum Gasteiger partial charge on any atom is 0.164 e. The molecule has 0 bridgehead atoms. The highest BCUT2D eigenvalue weighted by atomic mass is 16.5. The first-order valence-electron chi connectivity index (χ1n) is 7.68. The van der Waals surface area contributed by atoms with Gasteiger partial charge in [-0.3, -0.25) is 0 Å². The molecular weight excluding hydrogens is 250 g/mol. The summed E-state index contributed by atoms with van der Waals surface area (Å²) in [5, 5.41) is 0. The maximum atomic E-state index is 5.66. The number of likely N-dealkylation sites (tertiary alicyclic amines) is 1. The normalized spacial score (nSPS) is 25.8. The summed E-state index contributed by atoms with van der Waals surface area (Å²) in [5.74, 6) is 2.46. The van der Waals surface area contributed by atoms with Gasteiger partial charge in [0, 0.05) is 11.6 Å². The molecule has 2 atom stereocenters. The highest BCUT2D eigenvalue weighted by Gasteiger charge is 2.32. The van der Waals surface area contributed by atoms with Gasteiger partial charge in [-0.1, -0.05) is 6.07 Å². The molecule has 3 heteroatoms. The van der Waals surface area contributed by atoms with Crippen LogP contribution >= 0.6 is 0 Å². The zero-order chi connectivity index (χ0) is 14.1. The van der Waals surface area contributed by atoms with Crippen molar-refractivity contribution in [2.75, 3.05) is 27.8 Å². The summed E-state index contributed by atoms with van der Waals surface area (Å²) in [6, 6.07) is 5.00. The number of nitrogens with zero attached hydrogens (tertiary/aromatic N) is 1. The first kappa shape index (κ1) is 13.7. The molecule has 0 amide bonds. The van der Waals surface area contributed by atoms with Crippen LogP contribution in [0.2, 0.25) is 0 Å². The average Bonchev–Trinajstić information content (AvgIpc) is 3.05. The number of hydrogen-bond donors (Lipinski definition) is 0. The number of benzene rings is 1. The van der Waals surface area contributed by atoms with Crippen molar-refractivity contribution in [2.24, 2.45) is 0 Å². The molecule has 0 radical (unpaired) electrons. The van der Waals surface area contributed by atoms with Crippen LogP contribution in [0.25, 0.3) is 0 Å². The summed E-state index contributed by atoms with van der Waals surface area (Å²) in [7, 11) is 5.74. The molecule has 3 rings (SSSR count). The SMILES string of the molecule is COc1ccc2c(c1OC)C(C[C@H]1CCCN1C)CC2. The molecule has 0 aromatic heterocycles. The minimum atomic E-state index is 0.626. The maximum absolute atomic E-state index is 5.66. The van der Waals surface area contributed by atoms with Crippen LogP contribution in [0, 0.1) is 0 Å². The van der Waals surface area contributed by atoms with Crippen molar-refractivity contribution in [2.45, 2.75) is 44.1 Å². The lowest BCUT2D eigenvalue weighted by molar-refractivity contribution is 0.278. The van der Waals surface area contributed by atoms with E-state index >= 15 is 0 Å². The monoisotopic (exact) mass is 275 g/mol. The number of methoxy groups -OCH3 is 2. The molecule has 1 aliphatic carbocycles. The lowest BCUT2D eigenvalue weighted by Crippen LogP contribution is -2.26. The predicted octanol–water partition coefficient (Wildman–Crippen LogP) is 3.22. The van der Waals surface area contributed by atoms with Crippen LogP contribution in [0.3, 0.4) is 0 Å². The van der Waals surface area contributed by atoms with Crippen LogP contribution in [0.4, 0.5) is 0 Å². The summed E-state index contributed by atoms with van der Waals surface area (Å²) < 4.78 is 11.1. The molecule has 1 aliphatic heterocycles. The van der Waals surface area contributed by atoms with Crippen molar-refractivity contribution in [1.82, 2.24) is 4.90 Å². The second-order valence-electron chi connectivity index (χ2n) is 6.12. The van der Waals surface area contributed by atoms with Gasteiger partial charge >= 0.3 is 0 Å². The quantitative estimate of drug-likeness (QED) is 0.842. The highest BCUT2D eigenvalue weighted by molar-refractivity contribution is 5.54. The Kier molecular flexibility index (Phi) is 3.88. The van der Waals surface area contributed by atoms with E-state index in [9.17, 15) is 0 Å². The molecule has 20 heavy (non-hydrogen) atoms. The summed E-state index contributed by atoms with van der Waals surface area (Å²) in [5.41, 5.74) is 2.86. The third kappa shape index (κ3) is 2.28. The number of hydrogen-bond acceptors (Lipinski definition) is 3. The van der Waals surface area contributed by atoms with Crippen molar-refractivity contribution in [3.05, 3.63) is 23.3 Å². The fraction of sp³-hybridized carbons (Fsp3) is 0.647. The second kappa shape index (κ2) is 5.65. The lowest BCUT2D eigenvalue weighted by Gasteiger charge is -2.24. The zero-order valence-corrected chi connectivity index (χ0v) is 12.8. The van der Waals surface area contributed by atoms with Crippen LogP contribution in [0.5, 0.6) is 11.5 Å². The number of aryl methyl sites for hydroxylation is 1. The topological polar surface area (TPSA) is 21.7 Å². The van der Waals surface area contributed by atoms with Crippen molar-refractivity contribution in [3.63, 3.8) is 0 Å². The van der Waals surface area contributed by atoms with E-state index in [2.05, 4.69) is 18.0 Å². The largest absolute Gasteiger partial charge is 0.493 e. The molecule has 1 saturated heterocycles. The van der Waals surface area contributed by atoms with Crippen molar-refractivity contribution in [3.8, 4) is 11.5 Å². The van der Waals surface area contributed by atoms with E-state index in [1.54, 1.807) is 14.2 Å². The van der Waals surface area contributed by atoms with Crippen molar-refractivity contribution < 1.29 is 9.47 Å². The van der Waals surface area contributed by atoms with Crippen LogP contribution in [-0.4, -0.2) is 38.8 Å². The predicted molar refractivity (Wildman–Crippen MR) is 80.9 cm³/mol. The molecular formula is C17H25NO2. The van der Waals surface area contributed by atoms with Gasteiger partial charge < -0.3 is 14.4 Å².